The van der Waals surface area contributed by atoms with Crippen molar-refractivity contribution in [1.29, 1.82) is 0 Å². The molecule has 3 N–H and O–H groups in total. The average Bonchev–Trinajstić information content (AvgIpc) is 2.46. The molecular weight excluding hydrogens is 196 g/mol. The van der Waals surface area contributed by atoms with Crippen molar-refractivity contribution in [3.63, 3.8) is 0 Å². The summed E-state index contributed by atoms with van der Waals surface area (Å²) in [6.45, 7) is 2.66. The molecule has 0 aliphatic heterocycles. The van der Waals surface area contributed by atoms with Gasteiger partial charge in [-0.1, -0.05) is 0 Å². The zero-order chi connectivity index (χ0) is 11.3. The van der Waals surface area contributed by atoms with Crippen LogP contribution >= 0.6 is 0 Å². The molecule has 1 aromatic heterocycles. The highest BCUT2D eigenvalue weighted by Gasteiger charge is 2.05. The molecular formula is C9H16N4O2. The Morgan fingerprint density at radius 1 is 1.73 bits per heavy atom. The Labute approximate surface area is 88.4 Å². The smallest absolute Gasteiger partial charge is 0.307 e. The van der Waals surface area contributed by atoms with Gasteiger partial charge in [-0.3, -0.25) is 9.48 Å². The van der Waals surface area contributed by atoms with Crippen LogP contribution in [0.15, 0.2) is 6.20 Å². The summed E-state index contributed by atoms with van der Waals surface area (Å²) in [7, 11) is 1.78. The summed E-state index contributed by atoms with van der Waals surface area (Å²) in [6.07, 6.45) is 2.01. The zero-order valence-electron chi connectivity index (χ0n) is 8.99. The maximum absolute atomic E-state index is 11.0. The van der Waals surface area contributed by atoms with Gasteiger partial charge in [-0.2, -0.15) is 5.10 Å². The van der Waals surface area contributed by atoms with E-state index in [1.165, 1.54) is 0 Å². The van der Waals surface area contributed by atoms with Crippen molar-refractivity contribution >= 4 is 17.5 Å². The SMILES string of the molecule is CCOC(=O)CCNc1nn(C)cc1N. The molecule has 0 saturated heterocycles. The monoisotopic (exact) mass is 212 g/mol. The summed E-state index contributed by atoms with van der Waals surface area (Å²) in [6, 6.07) is 0. The lowest BCUT2D eigenvalue weighted by Crippen LogP contribution is -2.12. The van der Waals surface area contributed by atoms with Crippen LogP contribution in [0.3, 0.4) is 0 Å². The van der Waals surface area contributed by atoms with Gasteiger partial charge >= 0.3 is 5.97 Å². The molecule has 1 aromatic rings. The number of esters is 1. The van der Waals surface area contributed by atoms with Gasteiger partial charge < -0.3 is 15.8 Å². The van der Waals surface area contributed by atoms with E-state index in [0.717, 1.165) is 0 Å². The number of anilines is 2. The van der Waals surface area contributed by atoms with Gasteiger partial charge in [-0.05, 0) is 6.92 Å². The molecule has 0 unspecified atom stereocenters. The number of nitrogens with one attached hydrogen (secondary N) is 1. The van der Waals surface area contributed by atoms with Crippen molar-refractivity contribution < 1.29 is 9.53 Å². The van der Waals surface area contributed by atoms with Crippen LogP contribution in [0.1, 0.15) is 13.3 Å². The molecule has 0 bridgehead atoms. The standard InChI is InChI=1S/C9H16N4O2/c1-3-15-8(14)4-5-11-9-7(10)6-13(2)12-9/h6H,3-5,10H2,1-2H3,(H,11,12). The van der Waals surface area contributed by atoms with E-state index in [2.05, 4.69) is 10.4 Å². The van der Waals surface area contributed by atoms with Crippen molar-refractivity contribution in [2.24, 2.45) is 7.05 Å². The number of carbonyl (C=O) groups is 1. The Balaban J connectivity index is 2.31. The Morgan fingerprint density at radius 2 is 2.47 bits per heavy atom. The first kappa shape index (κ1) is 11.4. The van der Waals surface area contributed by atoms with Gasteiger partial charge in [-0.25, -0.2) is 0 Å². The topological polar surface area (TPSA) is 82.2 Å². The first-order chi connectivity index (χ1) is 7.13. The van der Waals surface area contributed by atoms with Gasteiger partial charge in [0.1, 0.15) is 0 Å². The van der Waals surface area contributed by atoms with Crippen LogP contribution in [-0.2, 0) is 16.6 Å². The third-order valence-electron chi connectivity index (χ3n) is 1.78. The normalized spacial score (nSPS) is 10.0. The molecule has 1 rings (SSSR count). The van der Waals surface area contributed by atoms with E-state index in [4.69, 9.17) is 10.5 Å². The first-order valence-corrected chi connectivity index (χ1v) is 4.82. The highest BCUT2D eigenvalue weighted by Crippen LogP contribution is 2.13. The maximum atomic E-state index is 11.0. The third kappa shape index (κ3) is 3.49. The molecule has 0 aliphatic rings. The number of aryl methyl sites for hydroxylation is 1. The van der Waals surface area contributed by atoms with E-state index in [1.54, 1.807) is 24.9 Å². The predicted molar refractivity (Wildman–Crippen MR) is 57.4 cm³/mol. The van der Waals surface area contributed by atoms with Gasteiger partial charge in [0.15, 0.2) is 5.82 Å². The summed E-state index contributed by atoms with van der Waals surface area (Å²) in [5.74, 6) is 0.376. The highest BCUT2D eigenvalue weighted by molar-refractivity contribution is 5.70. The van der Waals surface area contributed by atoms with E-state index < -0.39 is 0 Å². The van der Waals surface area contributed by atoms with E-state index in [1.807, 2.05) is 0 Å². The van der Waals surface area contributed by atoms with Gasteiger partial charge in [0, 0.05) is 19.8 Å². The second-order valence-electron chi connectivity index (χ2n) is 3.09. The Bertz CT molecular complexity index is 335. The van der Waals surface area contributed by atoms with Gasteiger partial charge in [0.25, 0.3) is 0 Å². The number of hydrogen-bond donors (Lipinski definition) is 2. The van der Waals surface area contributed by atoms with Crippen molar-refractivity contribution in [1.82, 2.24) is 9.78 Å². The predicted octanol–water partition coefficient (Wildman–Crippen LogP) is 0.367. The minimum absolute atomic E-state index is 0.223. The van der Waals surface area contributed by atoms with E-state index in [9.17, 15) is 4.79 Å². The van der Waals surface area contributed by atoms with E-state index >= 15 is 0 Å². The number of rotatable bonds is 5. The molecule has 0 radical (unpaired) electrons. The second-order valence-corrected chi connectivity index (χ2v) is 3.09. The molecule has 0 amide bonds. The van der Waals surface area contributed by atoms with E-state index in [0.29, 0.717) is 31.1 Å². The number of aromatic nitrogens is 2. The number of ether oxygens (including phenoxy) is 1. The van der Waals surface area contributed by atoms with Crippen LogP contribution < -0.4 is 11.1 Å². The van der Waals surface area contributed by atoms with Gasteiger partial charge in [0.2, 0.25) is 0 Å². The fourth-order valence-corrected chi connectivity index (χ4v) is 1.16. The molecule has 0 saturated carbocycles. The van der Waals surface area contributed by atoms with Gasteiger partial charge in [-0.15, -0.1) is 0 Å². The van der Waals surface area contributed by atoms with Crippen molar-refractivity contribution in [3.8, 4) is 0 Å². The molecule has 0 fully saturated rings. The number of nitrogens with two attached hydrogens (primary N) is 1. The molecule has 0 aliphatic carbocycles. The molecule has 0 atom stereocenters. The molecule has 15 heavy (non-hydrogen) atoms. The number of nitrogen functional groups attached to an aromatic ring is 1. The summed E-state index contributed by atoms with van der Waals surface area (Å²) >= 11 is 0. The fraction of sp³-hybridized carbons (Fsp3) is 0.556. The largest absolute Gasteiger partial charge is 0.466 e. The quantitative estimate of drug-likeness (QED) is 0.689. The number of carbonyl (C=O) groups excluding carboxylic acids is 1. The zero-order valence-corrected chi connectivity index (χ0v) is 8.99. The van der Waals surface area contributed by atoms with Crippen LogP contribution in [0.25, 0.3) is 0 Å². The summed E-state index contributed by atoms with van der Waals surface area (Å²) < 4.78 is 6.39. The van der Waals surface area contributed by atoms with Crippen LogP contribution in [0.2, 0.25) is 0 Å². The van der Waals surface area contributed by atoms with E-state index in [-0.39, 0.29) is 5.97 Å². The minimum atomic E-state index is -0.223. The lowest BCUT2D eigenvalue weighted by atomic mass is 10.4. The van der Waals surface area contributed by atoms with Crippen LogP contribution in [0, 0.1) is 0 Å². The molecule has 6 heteroatoms. The summed E-state index contributed by atoms with van der Waals surface area (Å²) in [5, 5.41) is 7.05. The average molecular weight is 212 g/mol. The van der Waals surface area contributed by atoms with Crippen LogP contribution in [0.4, 0.5) is 11.5 Å². The fourth-order valence-electron chi connectivity index (χ4n) is 1.16. The van der Waals surface area contributed by atoms with Crippen molar-refractivity contribution in [2.45, 2.75) is 13.3 Å². The molecule has 1 heterocycles. The molecule has 84 valence electrons. The highest BCUT2D eigenvalue weighted by atomic mass is 16.5. The Hall–Kier alpha value is -1.72. The van der Waals surface area contributed by atoms with Crippen LogP contribution in [0.5, 0.6) is 0 Å². The first-order valence-electron chi connectivity index (χ1n) is 4.82. The minimum Gasteiger partial charge on any atom is -0.466 e. The Morgan fingerprint density at radius 3 is 3.00 bits per heavy atom. The van der Waals surface area contributed by atoms with Crippen LogP contribution in [-0.4, -0.2) is 28.9 Å². The summed E-state index contributed by atoms with van der Waals surface area (Å²) in [5.41, 5.74) is 6.23. The summed E-state index contributed by atoms with van der Waals surface area (Å²) in [4.78, 5) is 11.0. The lowest BCUT2D eigenvalue weighted by molar-refractivity contribution is -0.142. The maximum Gasteiger partial charge on any atom is 0.307 e. The molecule has 6 nitrogen and oxygen atoms in total. The van der Waals surface area contributed by atoms with Gasteiger partial charge in [0.05, 0.1) is 18.7 Å². The lowest BCUT2D eigenvalue weighted by Gasteiger charge is -2.03. The second kappa shape index (κ2) is 5.23. The third-order valence-corrected chi connectivity index (χ3v) is 1.78. The molecule has 0 aromatic carbocycles. The van der Waals surface area contributed by atoms with Crippen molar-refractivity contribution in [3.05, 3.63) is 6.20 Å². The van der Waals surface area contributed by atoms with Crippen molar-refractivity contribution in [2.75, 3.05) is 24.2 Å². The Kier molecular flexibility index (Phi) is 3.96. The number of hydrogen-bond acceptors (Lipinski definition) is 5. The number of nitrogens with zero attached hydrogens (tertiary/aromatic N) is 2. The molecule has 0 spiro atoms.